The molecule has 1 aliphatic heterocycles. The maximum absolute atomic E-state index is 12.7. The molecule has 0 unspecified atom stereocenters. The number of carbonyl (C=O) groups is 2. The fraction of sp³-hybridized carbons (Fsp3) is 0.263. The minimum Gasteiger partial charge on any atom is -0.493 e. The highest BCUT2D eigenvalue weighted by Crippen LogP contribution is 2.38. The monoisotopic (exact) mass is 356 g/mol. The minimum atomic E-state index is -0.656. The molecule has 0 saturated carbocycles. The molecule has 2 N–H and O–H groups in total. The van der Waals surface area contributed by atoms with E-state index >= 15 is 0 Å². The molecule has 3 rings (SSSR count). The average molecular weight is 356 g/mol. The van der Waals surface area contributed by atoms with Crippen LogP contribution in [0.2, 0.25) is 0 Å². The van der Waals surface area contributed by atoms with Crippen LogP contribution in [0, 0.1) is 0 Å². The van der Waals surface area contributed by atoms with Gasteiger partial charge in [0, 0.05) is 17.7 Å². The van der Waals surface area contributed by atoms with Crippen LogP contribution in [0.15, 0.2) is 36.4 Å². The van der Waals surface area contributed by atoms with E-state index in [4.69, 9.17) is 14.2 Å². The molecule has 0 saturated heterocycles. The van der Waals surface area contributed by atoms with E-state index < -0.39 is 11.9 Å². The number of amides is 2. The number of para-hydroxylation sites is 1. The van der Waals surface area contributed by atoms with E-state index in [1.54, 1.807) is 12.1 Å². The van der Waals surface area contributed by atoms with Gasteiger partial charge in [-0.15, -0.1) is 0 Å². The van der Waals surface area contributed by atoms with Crippen molar-refractivity contribution in [2.45, 2.75) is 12.5 Å². The van der Waals surface area contributed by atoms with Gasteiger partial charge in [-0.25, -0.2) is 0 Å². The number of benzene rings is 2. The standard InChI is InChI=1S/C19H20N2O5/c1-24-15-9-12(10-16(25-2)17(15)26-3)18(22)21-14-8-11-6-4-5-7-13(11)20-19(14)23/h4-7,9-10,14H,8H2,1-3H3,(H,20,23)(H,21,22)/t14-/m1/s1. The predicted molar refractivity (Wildman–Crippen MR) is 96.1 cm³/mol. The smallest absolute Gasteiger partial charge is 0.252 e. The molecule has 1 atom stereocenters. The molecular weight excluding hydrogens is 336 g/mol. The highest BCUT2D eigenvalue weighted by Gasteiger charge is 2.28. The van der Waals surface area contributed by atoms with Crippen molar-refractivity contribution < 1.29 is 23.8 Å². The molecule has 136 valence electrons. The van der Waals surface area contributed by atoms with E-state index in [0.717, 1.165) is 11.3 Å². The molecule has 7 nitrogen and oxygen atoms in total. The lowest BCUT2D eigenvalue weighted by Gasteiger charge is -2.25. The number of anilines is 1. The summed E-state index contributed by atoms with van der Waals surface area (Å²) in [4.78, 5) is 24.9. The number of fused-ring (bicyclic) bond motifs is 1. The van der Waals surface area contributed by atoms with Crippen molar-refractivity contribution in [3.05, 3.63) is 47.5 Å². The van der Waals surface area contributed by atoms with Gasteiger partial charge in [0.2, 0.25) is 11.7 Å². The number of hydrogen-bond acceptors (Lipinski definition) is 5. The lowest BCUT2D eigenvalue weighted by atomic mass is 9.98. The van der Waals surface area contributed by atoms with Gasteiger partial charge in [-0.05, 0) is 23.8 Å². The van der Waals surface area contributed by atoms with Crippen LogP contribution >= 0.6 is 0 Å². The number of carbonyl (C=O) groups excluding carboxylic acids is 2. The molecule has 0 spiro atoms. The molecule has 2 aromatic carbocycles. The van der Waals surface area contributed by atoms with E-state index in [9.17, 15) is 9.59 Å². The normalized spacial score (nSPS) is 15.5. The molecule has 0 aromatic heterocycles. The van der Waals surface area contributed by atoms with Crippen molar-refractivity contribution in [2.24, 2.45) is 0 Å². The summed E-state index contributed by atoms with van der Waals surface area (Å²) in [5, 5.41) is 5.57. The van der Waals surface area contributed by atoms with E-state index in [0.29, 0.717) is 29.2 Å². The zero-order valence-corrected chi connectivity index (χ0v) is 14.8. The highest BCUT2D eigenvalue weighted by atomic mass is 16.5. The highest BCUT2D eigenvalue weighted by molar-refractivity contribution is 6.03. The summed E-state index contributed by atoms with van der Waals surface area (Å²) < 4.78 is 15.8. The molecule has 0 fully saturated rings. The van der Waals surface area contributed by atoms with Crippen molar-refractivity contribution >= 4 is 17.5 Å². The molecular formula is C19H20N2O5. The lowest BCUT2D eigenvalue weighted by molar-refractivity contribution is -0.118. The first-order valence-corrected chi connectivity index (χ1v) is 8.07. The van der Waals surface area contributed by atoms with Crippen LogP contribution in [0.25, 0.3) is 0 Å². The van der Waals surface area contributed by atoms with Crippen LogP contribution in [0.1, 0.15) is 15.9 Å². The Kier molecular flexibility index (Phi) is 4.97. The van der Waals surface area contributed by atoms with Crippen LogP contribution in [0.4, 0.5) is 5.69 Å². The lowest BCUT2D eigenvalue weighted by Crippen LogP contribution is -2.47. The first kappa shape index (κ1) is 17.6. The summed E-state index contributed by atoms with van der Waals surface area (Å²) in [6.07, 6.45) is 0.429. The average Bonchev–Trinajstić information content (AvgIpc) is 2.67. The summed E-state index contributed by atoms with van der Waals surface area (Å²) >= 11 is 0. The number of nitrogens with one attached hydrogen (secondary N) is 2. The summed E-state index contributed by atoms with van der Waals surface area (Å²) in [6.45, 7) is 0. The molecule has 1 aliphatic rings. The first-order chi connectivity index (χ1) is 12.6. The van der Waals surface area contributed by atoms with E-state index in [-0.39, 0.29) is 5.91 Å². The van der Waals surface area contributed by atoms with Gasteiger partial charge >= 0.3 is 0 Å². The fourth-order valence-corrected chi connectivity index (χ4v) is 2.92. The molecule has 1 heterocycles. The summed E-state index contributed by atoms with van der Waals surface area (Å²) in [6, 6.07) is 9.95. The van der Waals surface area contributed by atoms with Crippen molar-refractivity contribution in [1.29, 1.82) is 0 Å². The second-order valence-electron chi connectivity index (χ2n) is 5.79. The van der Waals surface area contributed by atoms with Gasteiger partial charge in [-0.3, -0.25) is 9.59 Å². The molecule has 2 amide bonds. The molecule has 7 heteroatoms. The Hall–Kier alpha value is -3.22. The number of hydrogen-bond donors (Lipinski definition) is 2. The Bertz CT molecular complexity index is 825. The van der Waals surface area contributed by atoms with Crippen molar-refractivity contribution in [3.63, 3.8) is 0 Å². The predicted octanol–water partition coefficient (Wildman–Crippen LogP) is 2.01. The van der Waals surface area contributed by atoms with Gasteiger partial charge in [0.15, 0.2) is 11.5 Å². The number of rotatable bonds is 5. The largest absolute Gasteiger partial charge is 0.493 e. The van der Waals surface area contributed by atoms with Crippen molar-refractivity contribution in [2.75, 3.05) is 26.6 Å². The Balaban J connectivity index is 1.83. The third kappa shape index (κ3) is 3.28. The Morgan fingerprint density at radius 3 is 2.35 bits per heavy atom. The van der Waals surface area contributed by atoms with Gasteiger partial charge in [-0.1, -0.05) is 18.2 Å². The van der Waals surface area contributed by atoms with Crippen molar-refractivity contribution in [3.8, 4) is 17.2 Å². The second kappa shape index (κ2) is 7.35. The quantitative estimate of drug-likeness (QED) is 0.856. The number of ether oxygens (including phenoxy) is 3. The van der Waals surface area contributed by atoms with Gasteiger partial charge in [-0.2, -0.15) is 0 Å². The summed E-state index contributed by atoms with van der Waals surface area (Å²) in [7, 11) is 4.44. The second-order valence-corrected chi connectivity index (χ2v) is 5.79. The van der Waals surface area contributed by atoms with Gasteiger partial charge in [0.25, 0.3) is 5.91 Å². The Morgan fingerprint density at radius 2 is 1.73 bits per heavy atom. The van der Waals surface area contributed by atoms with Crippen LogP contribution in [-0.4, -0.2) is 39.2 Å². The molecule has 0 aliphatic carbocycles. The van der Waals surface area contributed by atoms with Crippen molar-refractivity contribution in [1.82, 2.24) is 5.32 Å². The van der Waals surface area contributed by atoms with Crippen LogP contribution in [0.5, 0.6) is 17.2 Å². The molecule has 2 aromatic rings. The van der Waals surface area contributed by atoms with Gasteiger partial charge in [0.1, 0.15) is 6.04 Å². The molecule has 0 radical (unpaired) electrons. The third-order valence-corrected chi connectivity index (χ3v) is 4.25. The summed E-state index contributed by atoms with van der Waals surface area (Å²) in [5.41, 5.74) is 2.06. The number of methoxy groups -OCH3 is 3. The fourth-order valence-electron chi connectivity index (χ4n) is 2.92. The Labute approximate surface area is 151 Å². The summed E-state index contributed by atoms with van der Waals surface area (Å²) in [5.74, 6) is 0.495. The van der Waals surface area contributed by atoms with E-state index in [1.165, 1.54) is 21.3 Å². The van der Waals surface area contributed by atoms with Crippen LogP contribution < -0.4 is 24.8 Å². The first-order valence-electron chi connectivity index (χ1n) is 8.07. The molecule has 0 bridgehead atoms. The zero-order chi connectivity index (χ0) is 18.7. The minimum absolute atomic E-state index is 0.246. The SMILES string of the molecule is COc1cc(C(=O)N[C@@H]2Cc3ccccc3NC2=O)cc(OC)c1OC. The zero-order valence-electron chi connectivity index (χ0n) is 14.8. The maximum atomic E-state index is 12.7. The maximum Gasteiger partial charge on any atom is 0.252 e. The van der Waals surface area contributed by atoms with Gasteiger partial charge in [0.05, 0.1) is 21.3 Å². The Morgan fingerprint density at radius 1 is 1.08 bits per heavy atom. The van der Waals surface area contributed by atoms with Crippen LogP contribution in [0.3, 0.4) is 0 Å². The molecule has 26 heavy (non-hydrogen) atoms. The van der Waals surface area contributed by atoms with E-state index in [2.05, 4.69) is 10.6 Å². The van der Waals surface area contributed by atoms with E-state index in [1.807, 2.05) is 24.3 Å². The topological polar surface area (TPSA) is 85.9 Å². The third-order valence-electron chi connectivity index (χ3n) is 4.25. The van der Waals surface area contributed by atoms with Gasteiger partial charge < -0.3 is 24.8 Å². The van der Waals surface area contributed by atoms with Crippen LogP contribution in [-0.2, 0) is 11.2 Å².